The minimum absolute atomic E-state index is 0.0618. The van der Waals surface area contributed by atoms with E-state index in [4.69, 9.17) is 0 Å². The van der Waals surface area contributed by atoms with Gasteiger partial charge in [-0.25, -0.2) is 13.2 Å². The number of hydrogen-bond acceptors (Lipinski definition) is 5. The standard InChI is InChI=1S/C6H7NO4S2/c8-6(7-4-12)11-5-1-2-13(9,10)3-5/h5H,1-3H2. The number of rotatable bonds is 1. The third-order valence-electron chi connectivity index (χ3n) is 1.60. The van der Waals surface area contributed by atoms with E-state index in [1.54, 1.807) is 0 Å². The fourth-order valence-electron chi connectivity index (χ4n) is 1.06. The molecule has 5 nitrogen and oxygen atoms in total. The van der Waals surface area contributed by atoms with Gasteiger partial charge in [0.2, 0.25) is 0 Å². The van der Waals surface area contributed by atoms with Crippen LogP contribution < -0.4 is 0 Å². The van der Waals surface area contributed by atoms with Gasteiger partial charge in [0.05, 0.1) is 16.7 Å². The lowest BCUT2D eigenvalue weighted by atomic mass is 10.3. The molecule has 0 bridgehead atoms. The first-order valence-corrected chi connectivity index (χ1v) is 5.75. The van der Waals surface area contributed by atoms with E-state index in [1.165, 1.54) is 0 Å². The predicted molar refractivity (Wildman–Crippen MR) is 48.6 cm³/mol. The number of thiocarbonyl (C=S) groups is 1. The molecule has 1 aliphatic rings. The summed E-state index contributed by atoms with van der Waals surface area (Å²) < 4.78 is 26.5. The van der Waals surface area contributed by atoms with E-state index in [9.17, 15) is 13.2 Å². The average Bonchev–Trinajstić information content (AvgIpc) is 2.30. The highest BCUT2D eigenvalue weighted by Crippen LogP contribution is 2.14. The van der Waals surface area contributed by atoms with Crippen LogP contribution in [0.2, 0.25) is 0 Å². The van der Waals surface area contributed by atoms with E-state index in [0.717, 1.165) is 0 Å². The minimum atomic E-state index is -3.02. The van der Waals surface area contributed by atoms with Crippen molar-refractivity contribution in [2.24, 2.45) is 4.99 Å². The van der Waals surface area contributed by atoms with Crippen molar-refractivity contribution in [1.82, 2.24) is 0 Å². The molecule has 0 aliphatic carbocycles. The first-order valence-electron chi connectivity index (χ1n) is 3.52. The van der Waals surface area contributed by atoms with Gasteiger partial charge in [0.15, 0.2) is 9.84 Å². The van der Waals surface area contributed by atoms with Crippen molar-refractivity contribution < 1.29 is 17.9 Å². The van der Waals surface area contributed by atoms with E-state index in [2.05, 4.69) is 21.9 Å². The lowest BCUT2D eigenvalue weighted by Crippen LogP contribution is -2.17. The quantitative estimate of drug-likeness (QED) is 0.473. The lowest BCUT2D eigenvalue weighted by Gasteiger charge is -2.05. The molecule has 1 atom stereocenters. The summed E-state index contributed by atoms with van der Waals surface area (Å²) in [5.74, 6) is -0.0576. The molecular weight excluding hydrogens is 214 g/mol. The molecule has 0 N–H and O–H groups in total. The van der Waals surface area contributed by atoms with Crippen molar-refractivity contribution in [1.29, 1.82) is 0 Å². The number of carbonyl (C=O) groups excluding carboxylic acids is 1. The summed E-state index contributed by atoms with van der Waals surface area (Å²) in [6, 6.07) is 0. The molecule has 1 amide bonds. The molecule has 0 radical (unpaired) electrons. The van der Waals surface area contributed by atoms with E-state index in [-0.39, 0.29) is 11.5 Å². The molecule has 72 valence electrons. The van der Waals surface area contributed by atoms with Gasteiger partial charge >= 0.3 is 6.09 Å². The van der Waals surface area contributed by atoms with Gasteiger partial charge < -0.3 is 4.74 Å². The lowest BCUT2D eigenvalue weighted by molar-refractivity contribution is 0.120. The van der Waals surface area contributed by atoms with Crippen LogP contribution in [0.5, 0.6) is 0 Å². The molecule has 0 aromatic rings. The Morgan fingerprint density at radius 3 is 2.77 bits per heavy atom. The summed E-state index contributed by atoms with van der Waals surface area (Å²) in [7, 11) is -3.02. The minimum Gasteiger partial charge on any atom is -0.443 e. The van der Waals surface area contributed by atoms with Crippen molar-refractivity contribution in [2.75, 3.05) is 11.5 Å². The van der Waals surface area contributed by atoms with Crippen LogP contribution in [0.15, 0.2) is 4.99 Å². The van der Waals surface area contributed by atoms with Crippen LogP contribution in [-0.2, 0) is 14.6 Å². The molecule has 1 aliphatic heterocycles. The maximum atomic E-state index is 10.9. The number of carbonyl (C=O) groups is 1. The fourth-order valence-corrected chi connectivity index (χ4v) is 2.72. The molecule has 13 heavy (non-hydrogen) atoms. The maximum Gasteiger partial charge on any atom is 0.442 e. The molecule has 1 rings (SSSR count). The monoisotopic (exact) mass is 221 g/mol. The number of ether oxygens (including phenoxy) is 1. The molecule has 0 saturated carbocycles. The average molecular weight is 221 g/mol. The highest BCUT2D eigenvalue weighted by atomic mass is 32.2. The Kier molecular flexibility index (Phi) is 3.13. The highest BCUT2D eigenvalue weighted by molar-refractivity contribution is 7.91. The first-order chi connectivity index (χ1) is 6.03. The number of hydrogen-bond donors (Lipinski definition) is 0. The highest BCUT2D eigenvalue weighted by Gasteiger charge is 2.30. The smallest absolute Gasteiger partial charge is 0.442 e. The Morgan fingerprint density at radius 1 is 1.62 bits per heavy atom. The normalized spacial score (nSPS) is 24.8. The number of aliphatic imine (C=N–C) groups is 1. The Labute approximate surface area is 80.7 Å². The molecular formula is C6H7NO4S2. The van der Waals surface area contributed by atoms with Gasteiger partial charge in [-0.05, 0) is 18.6 Å². The summed E-state index contributed by atoms with van der Waals surface area (Å²) in [5.41, 5.74) is 0. The van der Waals surface area contributed by atoms with Crippen molar-refractivity contribution in [3.8, 4) is 0 Å². The molecule has 7 heteroatoms. The van der Waals surface area contributed by atoms with Crippen molar-refractivity contribution in [3.63, 3.8) is 0 Å². The molecule has 0 spiro atoms. The second-order valence-electron chi connectivity index (χ2n) is 2.61. The second kappa shape index (κ2) is 3.95. The molecule has 1 unspecified atom stereocenters. The van der Waals surface area contributed by atoms with Crippen LogP contribution in [0.4, 0.5) is 4.79 Å². The molecule has 0 aromatic heterocycles. The predicted octanol–water partition coefficient (Wildman–Crippen LogP) is 0.413. The third kappa shape index (κ3) is 3.22. The SMILES string of the molecule is O=C(N=C=S)OC1CCS(=O)(=O)C1. The Hall–Kier alpha value is -0.780. The van der Waals surface area contributed by atoms with Gasteiger partial charge in [0.1, 0.15) is 6.10 Å². The maximum absolute atomic E-state index is 10.9. The van der Waals surface area contributed by atoms with Crippen LogP contribution in [0.25, 0.3) is 0 Å². The van der Waals surface area contributed by atoms with Gasteiger partial charge in [0.25, 0.3) is 0 Å². The summed E-state index contributed by atoms with van der Waals surface area (Å²) in [6.45, 7) is 0. The first kappa shape index (κ1) is 10.3. The van der Waals surface area contributed by atoms with E-state index in [1.807, 2.05) is 5.16 Å². The number of sulfone groups is 1. The summed E-state index contributed by atoms with van der Waals surface area (Å²) in [4.78, 5) is 13.7. The van der Waals surface area contributed by atoms with Gasteiger partial charge in [-0.3, -0.25) is 0 Å². The molecule has 1 fully saturated rings. The van der Waals surface area contributed by atoms with E-state index in [0.29, 0.717) is 6.42 Å². The zero-order valence-electron chi connectivity index (χ0n) is 6.60. The van der Waals surface area contributed by atoms with Gasteiger partial charge in [-0.1, -0.05) is 0 Å². The third-order valence-corrected chi connectivity index (χ3v) is 3.42. The van der Waals surface area contributed by atoms with E-state index >= 15 is 0 Å². The zero-order chi connectivity index (χ0) is 9.90. The van der Waals surface area contributed by atoms with Crippen molar-refractivity contribution in [2.45, 2.75) is 12.5 Å². The van der Waals surface area contributed by atoms with Gasteiger partial charge in [0, 0.05) is 0 Å². The molecule has 1 saturated heterocycles. The van der Waals surface area contributed by atoms with Crippen molar-refractivity contribution in [3.05, 3.63) is 0 Å². The van der Waals surface area contributed by atoms with Gasteiger partial charge in [-0.2, -0.15) is 0 Å². The largest absolute Gasteiger partial charge is 0.443 e. The molecule has 0 aromatic carbocycles. The van der Waals surface area contributed by atoms with Crippen LogP contribution >= 0.6 is 12.2 Å². The summed E-state index contributed by atoms with van der Waals surface area (Å²) >= 11 is 4.18. The van der Waals surface area contributed by atoms with E-state index < -0.39 is 22.0 Å². The topological polar surface area (TPSA) is 72.8 Å². The number of amides is 1. The number of isothiocyanates is 1. The Bertz CT molecular complexity index is 355. The van der Waals surface area contributed by atoms with Gasteiger partial charge in [-0.15, -0.1) is 4.99 Å². The zero-order valence-corrected chi connectivity index (χ0v) is 8.23. The Balaban J connectivity index is 2.50. The summed E-state index contributed by atoms with van der Waals surface area (Å²) in [6.07, 6.45) is -1.12. The second-order valence-corrected chi connectivity index (χ2v) is 5.02. The van der Waals surface area contributed by atoms with Crippen molar-refractivity contribution >= 4 is 33.3 Å². The summed E-state index contributed by atoms with van der Waals surface area (Å²) in [5, 5.41) is 1.85. The number of nitrogens with zero attached hydrogens (tertiary/aromatic N) is 1. The van der Waals surface area contributed by atoms with Crippen LogP contribution in [-0.4, -0.2) is 37.3 Å². The fraction of sp³-hybridized carbons (Fsp3) is 0.667. The van der Waals surface area contributed by atoms with Crippen LogP contribution in [0, 0.1) is 0 Å². The molecule has 1 heterocycles. The van der Waals surface area contributed by atoms with Crippen LogP contribution in [0.1, 0.15) is 6.42 Å². The Morgan fingerprint density at radius 2 is 2.31 bits per heavy atom. The van der Waals surface area contributed by atoms with Crippen LogP contribution in [0.3, 0.4) is 0 Å².